The first-order valence-corrected chi connectivity index (χ1v) is 19.7. The molecule has 2 heterocycles. The Kier molecular flexibility index (Phi) is 9.52. The van der Waals surface area contributed by atoms with Crippen molar-refractivity contribution in [3.63, 3.8) is 0 Å². The van der Waals surface area contributed by atoms with Crippen molar-refractivity contribution in [3.8, 4) is 0 Å². The number of benzene rings is 1. The third-order valence-corrected chi connectivity index (χ3v) is 17.6. The van der Waals surface area contributed by atoms with Gasteiger partial charge in [0.2, 0.25) is 0 Å². The molecule has 1 aromatic carbocycles. The zero-order valence-electron chi connectivity index (χ0n) is 25.6. The normalized spacial score (nSPS) is 20.5. The zero-order valence-corrected chi connectivity index (χ0v) is 27.6. The summed E-state index contributed by atoms with van der Waals surface area (Å²) in [5, 5.41) is 14.4. The minimum absolute atomic E-state index is 0.0152. The molecule has 0 spiro atoms. The molecule has 1 aliphatic heterocycles. The summed E-state index contributed by atoms with van der Waals surface area (Å²) in [5.74, 6) is 0.337. The number of rotatable bonds is 10. The number of aromatic nitrogens is 2. The third kappa shape index (κ3) is 7.46. The van der Waals surface area contributed by atoms with Crippen LogP contribution >= 0.6 is 0 Å². The molecule has 0 aliphatic carbocycles. The summed E-state index contributed by atoms with van der Waals surface area (Å²) >= 11 is 0. The number of anilines is 1. The number of hydrogen-bond donors (Lipinski definition) is 1. The van der Waals surface area contributed by atoms with E-state index in [2.05, 4.69) is 78.0 Å². The monoisotopic (exact) mass is 590 g/mol. The molecule has 1 aromatic heterocycles. The first-order chi connectivity index (χ1) is 18.3. The number of para-hydroxylation sites is 1. The first-order valence-electron chi connectivity index (χ1n) is 13.8. The molecule has 1 fully saturated rings. The van der Waals surface area contributed by atoms with E-state index in [0.717, 1.165) is 0 Å². The molecule has 222 valence electrons. The van der Waals surface area contributed by atoms with Crippen LogP contribution in [-0.2, 0) is 20.1 Å². The summed E-state index contributed by atoms with van der Waals surface area (Å²) < 4.78 is 21.3. The van der Waals surface area contributed by atoms with Gasteiger partial charge in [-0.25, -0.2) is 4.79 Å². The summed E-state index contributed by atoms with van der Waals surface area (Å²) in [6.45, 7) is 22.7. The molecule has 0 radical (unpaired) electrons. The molecule has 1 saturated heterocycles. The Morgan fingerprint density at radius 3 is 2.27 bits per heavy atom. The van der Waals surface area contributed by atoms with Crippen molar-refractivity contribution in [1.29, 1.82) is 0 Å². The van der Waals surface area contributed by atoms with Gasteiger partial charge in [-0.05, 0) is 42.3 Å². The van der Waals surface area contributed by atoms with Crippen molar-refractivity contribution in [2.24, 2.45) is 0 Å². The van der Waals surface area contributed by atoms with Crippen LogP contribution in [0.4, 0.5) is 11.5 Å². The molecule has 12 heteroatoms. The van der Waals surface area contributed by atoms with Crippen molar-refractivity contribution in [1.82, 2.24) is 9.55 Å². The Hall–Kier alpha value is -2.39. The van der Waals surface area contributed by atoms with Gasteiger partial charge in [0.1, 0.15) is 18.1 Å². The number of nitro groups is 1. The lowest BCUT2D eigenvalue weighted by Gasteiger charge is -2.40. The lowest BCUT2D eigenvalue weighted by atomic mass is 10.2. The second-order valence-electron chi connectivity index (χ2n) is 13.6. The van der Waals surface area contributed by atoms with Crippen molar-refractivity contribution < 1.29 is 18.5 Å². The van der Waals surface area contributed by atoms with E-state index in [1.54, 1.807) is 30.5 Å². The second kappa shape index (κ2) is 11.8. The molecule has 0 unspecified atom stereocenters. The van der Waals surface area contributed by atoms with Crippen LogP contribution in [0.15, 0.2) is 41.3 Å². The molecule has 0 amide bonds. The lowest BCUT2D eigenvalue weighted by Crippen LogP contribution is -2.48. The Bertz CT molecular complexity index is 1250. The summed E-state index contributed by atoms with van der Waals surface area (Å²) in [4.78, 5) is 28.1. The summed E-state index contributed by atoms with van der Waals surface area (Å²) in [6.07, 6.45) is 1.12. The maximum absolute atomic E-state index is 13.1. The van der Waals surface area contributed by atoms with Gasteiger partial charge in [0, 0.05) is 30.8 Å². The number of nitro benzene ring substituents is 1. The quantitative estimate of drug-likeness (QED) is 0.190. The predicted molar refractivity (Wildman–Crippen MR) is 163 cm³/mol. The Morgan fingerprint density at radius 2 is 1.70 bits per heavy atom. The van der Waals surface area contributed by atoms with Crippen molar-refractivity contribution in [2.75, 3.05) is 11.9 Å². The fraction of sp³-hybridized carbons (Fsp3) is 0.643. The molecule has 2 aromatic rings. The highest BCUT2D eigenvalue weighted by atomic mass is 28.4. The molecule has 0 bridgehead atoms. The fourth-order valence-electron chi connectivity index (χ4n) is 3.96. The average molecular weight is 591 g/mol. The SMILES string of the molecule is CC(C)(C)[Si](C)(C)OC[C@H]1O[C@@H](n2ccc(NCc3ccccc3[N+](=O)[O-])nc2=O)C[C@@H]1O[Si](C)(C)C(C)(C)C. The topological polar surface area (TPSA) is 118 Å². The van der Waals surface area contributed by atoms with Gasteiger partial charge >= 0.3 is 5.69 Å². The van der Waals surface area contributed by atoms with Gasteiger partial charge < -0.3 is 18.9 Å². The summed E-state index contributed by atoms with van der Waals surface area (Å²) in [5.41, 5.74) is 0.0591. The van der Waals surface area contributed by atoms with E-state index < -0.39 is 33.5 Å². The van der Waals surface area contributed by atoms with E-state index in [-0.39, 0.29) is 34.5 Å². The van der Waals surface area contributed by atoms with E-state index in [4.69, 9.17) is 13.6 Å². The largest absolute Gasteiger partial charge is 0.414 e. The van der Waals surface area contributed by atoms with Crippen LogP contribution in [-0.4, -0.2) is 49.9 Å². The van der Waals surface area contributed by atoms with Crippen molar-refractivity contribution in [3.05, 3.63) is 62.7 Å². The van der Waals surface area contributed by atoms with Gasteiger partial charge in [-0.2, -0.15) is 4.98 Å². The van der Waals surface area contributed by atoms with Gasteiger partial charge in [0.15, 0.2) is 16.6 Å². The van der Waals surface area contributed by atoms with Gasteiger partial charge in [-0.15, -0.1) is 0 Å². The van der Waals surface area contributed by atoms with Gasteiger partial charge in [-0.3, -0.25) is 14.7 Å². The van der Waals surface area contributed by atoms with E-state index in [1.807, 2.05) is 0 Å². The van der Waals surface area contributed by atoms with Crippen molar-refractivity contribution >= 4 is 28.1 Å². The Balaban J connectivity index is 1.79. The molecule has 1 N–H and O–H groups in total. The van der Waals surface area contributed by atoms with Gasteiger partial charge in [0.05, 0.1) is 17.6 Å². The highest BCUT2D eigenvalue weighted by Gasteiger charge is 2.46. The van der Waals surface area contributed by atoms with Crippen LogP contribution in [0.3, 0.4) is 0 Å². The van der Waals surface area contributed by atoms with E-state index >= 15 is 0 Å². The van der Waals surface area contributed by atoms with Gasteiger partial charge in [0.25, 0.3) is 5.69 Å². The molecule has 10 nitrogen and oxygen atoms in total. The Labute approximate surface area is 239 Å². The molecule has 3 atom stereocenters. The molecular weight excluding hydrogens is 545 g/mol. The number of ether oxygens (including phenoxy) is 1. The standard InChI is InChI=1S/C28H46N4O6Si2/c1-27(2,3)39(7,8)36-19-23-22(38-40(9,10)28(4,5)6)17-25(37-23)31-16-15-24(30-26(31)33)29-18-20-13-11-12-14-21(20)32(34)35/h11-16,22-23,25H,17-19H2,1-10H3,(H,29,30,33)/t22-,23+,25+/m0/s1. The van der Waals surface area contributed by atoms with Crippen LogP contribution in [0.2, 0.25) is 36.3 Å². The smallest absolute Gasteiger partial charge is 0.351 e. The van der Waals surface area contributed by atoms with E-state index in [0.29, 0.717) is 24.4 Å². The lowest BCUT2D eigenvalue weighted by molar-refractivity contribution is -0.385. The summed E-state index contributed by atoms with van der Waals surface area (Å²) in [6, 6.07) is 8.17. The number of nitrogens with one attached hydrogen (secondary N) is 1. The summed E-state index contributed by atoms with van der Waals surface area (Å²) in [7, 11) is -4.14. The number of hydrogen-bond acceptors (Lipinski definition) is 8. The van der Waals surface area contributed by atoms with Crippen LogP contribution in [0, 0.1) is 10.1 Å². The molecule has 0 saturated carbocycles. The van der Waals surface area contributed by atoms with E-state index in [1.165, 1.54) is 10.6 Å². The second-order valence-corrected chi connectivity index (χ2v) is 23.2. The Morgan fingerprint density at radius 1 is 1.07 bits per heavy atom. The minimum Gasteiger partial charge on any atom is -0.414 e. The highest BCUT2D eigenvalue weighted by molar-refractivity contribution is 6.74. The molecule has 3 rings (SSSR count). The van der Waals surface area contributed by atoms with Crippen LogP contribution in [0.5, 0.6) is 0 Å². The minimum atomic E-state index is -2.12. The first kappa shape index (κ1) is 32.1. The third-order valence-electron chi connectivity index (χ3n) is 8.64. The zero-order chi connectivity index (χ0) is 30.1. The molecular formula is C28H46N4O6Si2. The fourth-order valence-corrected chi connectivity index (χ4v) is 6.33. The maximum atomic E-state index is 13.1. The van der Waals surface area contributed by atoms with Crippen LogP contribution < -0.4 is 11.0 Å². The van der Waals surface area contributed by atoms with Gasteiger partial charge in [-0.1, -0.05) is 59.7 Å². The van der Waals surface area contributed by atoms with Crippen LogP contribution in [0.1, 0.15) is 59.8 Å². The highest BCUT2D eigenvalue weighted by Crippen LogP contribution is 2.42. The van der Waals surface area contributed by atoms with E-state index in [9.17, 15) is 14.9 Å². The average Bonchev–Trinajstić information content (AvgIpc) is 3.21. The number of nitrogens with zero attached hydrogens (tertiary/aromatic N) is 3. The predicted octanol–water partition coefficient (Wildman–Crippen LogP) is 6.46. The molecule has 1 aliphatic rings. The van der Waals surface area contributed by atoms with Crippen molar-refractivity contribution in [2.45, 2.75) is 109 Å². The maximum Gasteiger partial charge on any atom is 0.351 e. The van der Waals surface area contributed by atoms with Crippen LogP contribution in [0.25, 0.3) is 0 Å². The molecule has 40 heavy (non-hydrogen) atoms.